The first-order valence-electron chi connectivity index (χ1n) is 9.16. The summed E-state index contributed by atoms with van der Waals surface area (Å²) in [6, 6.07) is 17.1. The Morgan fingerprint density at radius 3 is 2.72 bits per heavy atom. The maximum atomic E-state index is 9.34. The highest BCUT2D eigenvalue weighted by Gasteiger charge is 2.34. The molecule has 3 fully saturated rings. The van der Waals surface area contributed by atoms with Gasteiger partial charge in [-0.1, -0.05) is 24.3 Å². The molecular formula is C21H24N4. The summed E-state index contributed by atoms with van der Waals surface area (Å²) in [5, 5.41) is 9.34. The molecule has 3 aliphatic heterocycles. The van der Waals surface area contributed by atoms with Crippen LogP contribution in [0.3, 0.4) is 0 Å². The average Bonchev–Trinajstić information content (AvgIpc) is 2.93. The highest BCUT2D eigenvalue weighted by molar-refractivity contribution is 5.37. The van der Waals surface area contributed by atoms with E-state index in [9.17, 15) is 5.26 Å². The molecule has 5 rings (SSSR count). The molecule has 0 N–H and O–H groups in total. The van der Waals surface area contributed by atoms with Gasteiger partial charge in [-0.3, -0.25) is 14.8 Å². The van der Waals surface area contributed by atoms with Crippen LogP contribution in [0.4, 0.5) is 0 Å². The summed E-state index contributed by atoms with van der Waals surface area (Å²) in [7, 11) is 0. The van der Waals surface area contributed by atoms with Gasteiger partial charge in [0.15, 0.2) is 0 Å². The third-order valence-electron chi connectivity index (χ3n) is 5.53. The SMILES string of the molecule is N#Cc1ccccc1CN1C[C@@H]2CC[C@H](C1)N(Cc1ccccn1)C2. The molecule has 25 heavy (non-hydrogen) atoms. The molecule has 0 aliphatic carbocycles. The van der Waals surface area contributed by atoms with E-state index in [-0.39, 0.29) is 0 Å². The lowest BCUT2D eigenvalue weighted by atomic mass is 9.95. The maximum absolute atomic E-state index is 9.34. The highest BCUT2D eigenvalue weighted by atomic mass is 15.3. The average molecular weight is 332 g/mol. The Bertz CT molecular complexity index is 752. The summed E-state index contributed by atoms with van der Waals surface area (Å²) >= 11 is 0. The van der Waals surface area contributed by atoms with Gasteiger partial charge in [-0.05, 0) is 42.5 Å². The van der Waals surface area contributed by atoms with Gasteiger partial charge in [-0.2, -0.15) is 5.26 Å². The van der Waals surface area contributed by atoms with Crippen molar-refractivity contribution in [3.63, 3.8) is 0 Å². The van der Waals surface area contributed by atoms with E-state index in [2.05, 4.69) is 39.1 Å². The molecule has 0 saturated carbocycles. The Labute approximate surface area is 149 Å². The van der Waals surface area contributed by atoms with Gasteiger partial charge in [0.05, 0.1) is 17.3 Å². The second kappa shape index (κ2) is 7.35. The molecule has 4 nitrogen and oxygen atoms in total. The van der Waals surface area contributed by atoms with E-state index in [4.69, 9.17) is 0 Å². The first kappa shape index (κ1) is 16.3. The zero-order chi connectivity index (χ0) is 17.1. The second-order valence-corrected chi connectivity index (χ2v) is 7.31. The van der Waals surface area contributed by atoms with Gasteiger partial charge < -0.3 is 0 Å². The van der Waals surface area contributed by atoms with Gasteiger partial charge >= 0.3 is 0 Å². The fourth-order valence-electron chi connectivity index (χ4n) is 4.31. The highest BCUT2D eigenvalue weighted by Crippen LogP contribution is 2.30. The van der Waals surface area contributed by atoms with Crippen molar-refractivity contribution < 1.29 is 0 Å². The zero-order valence-electron chi connectivity index (χ0n) is 14.5. The molecule has 0 amide bonds. The number of rotatable bonds is 4. The van der Waals surface area contributed by atoms with Crippen molar-refractivity contribution in [3.05, 3.63) is 65.5 Å². The lowest BCUT2D eigenvalue weighted by Crippen LogP contribution is -2.43. The number of piperidine rings is 1. The fourth-order valence-corrected chi connectivity index (χ4v) is 4.31. The lowest BCUT2D eigenvalue weighted by Gasteiger charge is -2.35. The quantitative estimate of drug-likeness (QED) is 0.863. The van der Waals surface area contributed by atoms with Crippen molar-refractivity contribution in [2.75, 3.05) is 19.6 Å². The Hall–Kier alpha value is -2.22. The molecule has 0 spiro atoms. The molecule has 2 atom stereocenters. The Morgan fingerprint density at radius 2 is 1.88 bits per heavy atom. The number of nitrogens with zero attached hydrogens (tertiary/aromatic N) is 4. The van der Waals surface area contributed by atoms with Gasteiger partial charge in [0.2, 0.25) is 0 Å². The maximum Gasteiger partial charge on any atom is 0.0995 e. The van der Waals surface area contributed by atoms with Crippen LogP contribution in [0.5, 0.6) is 0 Å². The van der Waals surface area contributed by atoms with Crippen LogP contribution in [0.1, 0.15) is 29.7 Å². The van der Waals surface area contributed by atoms with Gasteiger partial charge in [0, 0.05) is 45.0 Å². The number of fused-ring (bicyclic) bond motifs is 4. The van der Waals surface area contributed by atoms with E-state index in [0.29, 0.717) is 6.04 Å². The minimum atomic E-state index is 0.593. The molecular weight excluding hydrogens is 308 g/mol. The molecule has 1 aromatic carbocycles. The van der Waals surface area contributed by atoms with Crippen LogP contribution < -0.4 is 0 Å². The van der Waals surface area contributed by atoms with E-state index in [1.807, 2.05) is 30.5 Å². The van der Waals surface area contributed by atoms with Crippen LogP contribution in [0, 0.1) is 17.2 Å². The van der Waals surface area contributed by atoms with Crippen molar-refractivity contribution >= 4 is 0 Å². The first-order valence-corrected chi connectivity index (χ1v) is 9.16. The van der Waals surface area contributed by atoms with E-state index in [0.717, 1.165) is 55.5 Å². The smallest absolute Gasteiger partial charge is 0.0995 e. The molecule has 2 bridgehead atoms. The number of hydrogen-bond acceptors (Lipinski definition) is 4. The summed E-state index contributed by atoms with van der Waals surface area (Å²) in [4.78, 5) is 9.68. The molecule has 4 heteroatoms. The standard InChI is InChI=1S/C21H24N4/c22-11-18-5-1-2-6-19(18)14-24-12-17-8-9-21(16-24)25(13-17)15-20-7-3-4-10-23-20/h1-7,10,17,21H,8-9,12-16H2/t17-,21+/m0/s1. The lowest BCUT2D eigenvalue weighted by molar-refractivity contribution is 0.121. The number of pyridine rings is 1. The van der Waals surface area contributed by atoms with Crippen molar-refractivity contribution in [1.29, 1.82) is 5.26 Å². The number of hydrogen-bond donors (Lipinski definition) is 0. The molecule has 4 heterocycles. The van der Waals surface area contributed by atoms with E-state index in [1.165, 1.54) is 12.8 Å². The Morgan fingerprint density at radius 1 is 1.00 bits per heavy atom. The molecule has 0 radical (unpaired) electrons. The van der Waals surface area contributed by atoms with Crippen molar-refractivity contribution in [2.45, 2.75) is 32.0 Å². The van der Waals surface area contributed by atoms with Crippen molar-refractivity contribution in [3.8, 4) is 6.07 Å². The molecule has 1 aromatic heterocycles. The van der Waals surface area contributed by atoms with Crippen LogP contribution in [0.15, 0.2) is 48.7 Å². The minimum Gasteiger partial charge on any atom is -0.297 e. The fraction of sp³-hybridized carbons (Fsp3) is 0.429. The summed E-state index contributed by atoms with van der Waals surface area (Å²) < 4.78 is 0. The molecule has 3 aliphatic rings. The molecule has 128 valence electrons. The predicted octanol–water partition coefficient (Wildman–Crippen LogP) is 3.05. The van der Waals surface area contributed by atoms with Gasteiger partial charge in [0.1, 0.15) is 0 Å². The normalized spacial score (nSPS) is 24.0. The summed E-state index contributed by atoms with van der Waals surface area (Å²) in [6.45, 7) is 5.22. The summed E-state index contributed by atoms with van der Waals surface area (Å²) in [6.07, 6.45) is 4.48. The second-order valence-electron chi connectivity index (χ2n) is 7.31. The topological polar surface area (TPSA) is 43.2 Å². The Kier molecular flexibility index (Phi) is 4.78. The number of nitriles is 1. The van der Waals surface area contributed by atoms with E-state index >= 15 is 0 Å². The van der Waals surface area contributed by atoms with Gasteiger partial charge in [0.25, 0.3) is 0 Å². The molecule has 0 unspecified atom stereocenters. The predicted molar refractivity (Wildman–Crippen MR) is 97.6 cm³/mol. The van der Waals surface area contributed by atoms with Crippen molar-refractivity contribution in [2.24, 2.45) is 5.92 Å². The monoisotopic (exact) mass is 332 g/mol. The number of benzene rings is 1. The van der Waals surface area contributed by atoms with Crippen LogP contribution in [0.25, 0.3) is 0 Å². The van der Waals surface area contributed by atoms with E-state index < -0.39 is 0 Å². The van der Waals surface area contributed by atoms with Gasteiger partial charge in [-0.15, -0.1) is 0 Å². The van der Waals surface area contributed by atoms with Crippen molar-refractivity contribution in [1.82, 2.24) is 14.8 Å². The van der Waals surface area contributed by atoms with Crippen LogP contribution in [-0.2, 0) is 13.1 Å². The summed E-state index contributed by atoms with van der Waals surface area (Å²) in [5.41, 5.74) is 3.13. The summed E-state index contributed by atoms with van der Waals surface area (Å²) in [5.74, 6) is 0.719. The van der Waals surface area contributed by atoms with Crippen LogP contribution in [0.2, 0.25) is 0 Å². The third-order valence-corrected chi connectivity index (χ3v) is 5.53. The Balaban J connectivity index is 1.47. The number of aromatic nitrogens is 1. The molecule has 2 aromatic rings. The van der Waals surface area contributed by atoms with Crippen LogP contribution in [-0.4, -0.2) is 40.5 Å². The largest absolute Gasteiger partial charge is 0.297 e. The zero-order valence-corrected chi connectivity index (χ0v) is 14.5. The molecule has 3 saturated heterocycles. The first-order chi connectivity index (χ1) is 12.3. The van der Waals surface area contributed by atoms with Crippen LogP contribution >= 0.6 is 0 Å². The third kappa shape index (κ3) is 3.73. The van der Waals surface area contributed by atoms with E-state index in [1.54, 1.807) is 0 Å². The minimum absolute atomic E-state index is 0.593. The van der Waals surface area contributed by atoms with Gasteiger partial charge in [-0.25, -0.2) is 0 Å².